The zero-order chi connectivity index (χ0) is 14.8. The van der Waals surface area contributed by atoms with E-state index in [4.69, 9.17) is 11.6 Å². The minimum absolute atomic E-state index is 0.145. The third-order valence-corrected chi connectivity index (χ3v) is 4.68. The molecule has 106 valence electrons. The highest BCUT2D eigenvalue weighted by atomic mass is 35.5. The Labute approximate surface area is 124 Å². The van der Waals surface area contributed by atoms with Gasteiger partial charge in [0.2, 0.25) is 0 Å². The summed E-state index contributed by atoms with van der Waals surface area (Å²) in [5, 5.41) is 1.19. The van der Waals surface area contributed by atoms with E-state index in [1.54, 1.807) is 0 Å². The van der Waals surface area contributed by atoms with Gasteiger partial charge in [-0.15, -0.1) is 11.3 Å². The van der Waals surface area contributed by atoms with Crippen LogP contribution < -0.4 is 4.72 Å². The van der Waals surface area contributed by atoms with Gasteiger partial charge in [0.25, 0.3) is 10.0 Å². The molecule has 0 atom stereocenters. The first-order chi connectivity index (χ1) is 9.42. The first-order valence-corrected chi connectivity index (χ1v) is 7.98. The fourth-order valence-corrected chi connectivity index (χ4v) is 3.51. The number of sulfonamides is 1. The molecule has 1 N–H and O–H groups in total. The van der Waals surface area contributed by atoms with Crippen LogP contribution in [0.5, 0.6) is 0 Å². The number of esters is 1. The number of ether oxygens (including phenoxy) is 1. The molecule has 0 fully saturated rings. The Bertz CT molecular complexity index is 725. The maximum Gasteiger partial charge on any atom is 0.337 e. The second-order valence-electron chi connectivity index (χ2n) is 3.61. The Hall–Kier alpha value is -1.64. The van der Waals surface area contributed by atoms with E-state index in [-0.39, 0.29) is 9.49 Å². The number of anilines is 1. The summed E-state index contributed by atoms with van der Waals surface area (Å²) < 4.78 is 31.0. The van der Waals surface area contributed by atoms with Gasteiger partial charge in [-0.2, -0.15) is 8.42 Å². The molecule has 2 rings (SSSR count). The standard InChI is InChI=1S/C11H9ClN2O4S2/c1-18-10(15)7-2-4-8(5-3-7)14-20(16,17)9-6-19-11(12)13-9/h2-6,14H,1H3. The van der Waals surface area contributed by atoms with Gasteiger partial charge < -0.3 is 4.74 Å². The Morgan fingerprint density at radius 1 is 1.35 bits per heavy atom. The van der Waals surface area contributed by atoms with Gasteiger partial charge in [-0.1, -0.05) is 11.6 Å². The highest BCUT2D eigenvalue weighted by Crippen LogP contribution is 2.21. The average molecular weight is 333 g/mol. The SMILES string of the molecule is COC(=O)c1ccc(NS(=O)(=O)c2csc(Cl)n2)cc1. The van der Waals surface area contributed by atoms with Gasteiger partial charge in [-0.3, -0.25) is 4.72 Å². The monoisotopic (exact) mass is 332 g/mol. The zero-order valence-corrected chi connectivity index (χ0v) is 12.6. The van der Waals surface area contributed by atoms with Crippen LogP contribution in [-0.2, 0) is 14.8 Å². The van der Waals surface area contributed by atoms with E-state index in [0.717, 1.165) is 11.3 Å². The highest BCUT2D eigenvalue weighted by molar-refractivity contribution is 7.92. The van der Waals surface area contributed by atoms with E-state index < -0.39 is 16.0 Å². The lowest BCUT2D eigenvalue weighted by Gasteiger charge is -2.06. The first-order valence-electron chi connectivity index (χ1n) is 5.24. The quantitative estimate of drug-likeness (QED) is 0.869. The molecule has 0 bridgehead atoms. The molecule has 9 heteroatoms. The third-order valence-electron chi connectivity index (χ3n) is 2.29. The number of halogens is 1. The number of aromatic nitrogens is 1. The number of methoxy groups -OCH3 is 1. The Morgan fingerprint density at radius 2 is 2.00 bits per heavy atom. The topological polar surface area (TPSA) is 85.4 Å². The van der Waals surface area contributed by atoms with E-state index in [9.17, 15) is 13.2 Å². The molecule has 0 amide bonds. The van der Waals surface area contributed by atoms with E-state index in [2.05, 4.69) is 14.4 Å². The summed E-state index contributed by atoms with van der Waals surface area (Å²) in [6.45, 7) is 0. The van der Waals surface area contributed by atoms with Crippen LogP contribution in [0.15, 0.2) is 34.7 Å². The molecule has 0 radical (unpaired) electrons. The fourth-order valence-electron chi connectivity index (χ4n) is 1.36. The number of benzene rings is 1. The molecule has 20 heavy (non-hydrogen) atoms. The van der Waals surface area contributed by atoms with Gasteiger partial charge in [0.15, 0.2) is 9.49 Å². The summed E-state index contributed by atoms with van der Waals surface area (Å²) in [6, 6.07) is 5.82. The molecule has 6 nitrogen and oxygen atoms in total. The summed E-state index contributed by atoms with van der Waals surface area (Å²) in [5.41, 5.74) is 0.633. The number of thiazole rings is 1. The second kappa shape index (κ2) is 5.78. The Morgan fingerprint density at radius 3 is 2.50 bits per heavy atom. The zero-order valence-electron chi connectivity index (χ0n) is 10.2. The lowest BCUT2D eigenvalue weighted by molar-refractivity contribution is 0.0601. The van der Waals surface area contributed by atoms with Crippen LogP contribution in [0.4, 0.5) is 5.69 Å². The second-order valence-corrected chi connectivity index (χ2v) is 6.68. The van der Waals surface area contributed by atoms with E-state index in [1.165, 1.54) is 36.8 Å². The van der Waals surface area contributed by atoms with E-state index >= 15 is 0 Å². The van der Waals surface area contributed by atoms with Crippen molar-refractivity contribution >= 4 is 44.6 Å². The van der Waals surface area contributed by atoms with Crippen molar-refractivity contribution in [2.75, 3.05) is 11.8 Å². The summed E-state index contributed by atoms with van der Waals surface area (Å²) in [6.07, 6.45) is 0. The average Bonchev–Trinajstić information content (AvgIpc) is 2.86. The lowest BCUT2D eigenvalue weighted by atomic mass is 10.2. The molecule has 1 aromatic heterocycles. The maximum atomic E-state index is 12.0. The summed E-state index contributed by atoms with van der Waals surface area (Å²) >= 11 is 6.63. The smallest absolute Gasteiger partial charge is 0.337 e. The van der Waals surface area contributed by atoms with Crippen molar-refractivity contribution in [2.24, 2.45) is 0 Å². The highest BCUT2D eigenvalue weighted by Gasteiger charge is 2.18. The number of nitrogens with one attached hydrogen (secondary N) is 1. The summed E-state index contributed by atoms with van der Waals surface area (Å²) in [7, 11) is -2.51. The maximum absolute atomic E-state index is 12.0. The molecule has 0 aliphatic rings. The normalized spacial score (nSPS) is 11.1. The minimum Gasteiger partial charge on any atom is -0.465 e. The van der Waals surface area contributed by atoms with Crippen LogP contribution in [0.3, 0.4) is 0 Å². The van der Waals surface area contributed by atoms with Crippen LogP contribution in [0.1, 0.15) is 10.4 Å². The molecular formula is C11H9ClN2O4S2. The number of rotatable bonds is 4. The first kappa shape index (κ1) is 14.8. The molecule has 1 aromatic carbocycles. The lowest BCUT2D eigenvalue weighted by Crippen LogP contribution is -2.13. The molecule has 0 saturated carbocycles. The fraction of sp³-hybridized carbons (Fsp3) is 0.0909. The van der Waals surface area contributed by atoms with Crippen molar-refractivity contribution in [3.8, 4) is 0 Å². The number of carbonyl (C=O) groups excluding carboxylic acids is 1. The Kier molecular flexibility index (Phi) is 4.26. The van der Waals surface area contributed by atoms with Gasteiger partial charge in [0.1, 0.15) is 0 Å². The third kappa shape index (κ3) is 3.27. The van der Waals surface area contributed by atoms with Crippen LogP contribution in [0.25, 0.3) is 0 Å². The van der Waals surface area contributed by atoms with Crippen molar-refractivity contribution < 1.29 is 17.9 Å². The molecule has 0 unspecified atom stereocenters. The van der Waals surface area contributed by atoms with Crippen molar-refractivity contribution in [3.05, 3.63) is 39.7 Å². The van der Waals surface area contributed by atoms with Crippen molar-refractivity contribution in [1.29, 1.82) is 0 Å². The van der Waals surface area contributed by atoms with Gasteiger partial charge in [0.05, 0.1) is 12.7 Å². The van der Waals surface area contributed by atoms with Crippen LogP contribution in [-0.4, -0.2) is 26.5 Å². The van der Waals surface area contributed by atoms with Gasteiger partial charge >= 0.3 is 5.97 Å². The van der Waals surface area contributed by atoms with E-state index in [0.29, 0.717) is 11.3 Å². The van der Waals surface area contributed by atoms with Crippen molar-refractivity contribution in [2.45, 2.75) is 5.03 Å². The number of carbonyl (C=O) groups is 1. The molecule has 0 aliphatic carbocycles. The van der Waals surface area contributed by atoms with Gasteiger partial charge in [-0.25, -0.2) is 9.78 Å². The summed E-state index contributed by atoms with van der Waals surface area (Å²) in [5.74, 6) is -0.495. The molecule has 0 aliphatic heterocycles. The molecule has 0 saturated heterocycles. The molecule has 0 spiro atoms. The van der Waals surface area contributed by atoms with Crippen molar-refractivity contribution in [1.82, 2.24) is 4.98 Å². The number of hydrogen-bond donors (Lipinski definition) is 1. The molecule has 1 heterocycles. The largest absolute Gasteiger partial charge is 0.465 e. The predicted octanol–water partition coefficient (Wildman–Crippen LogP) is 2.38. The van der Waals surface area contributed by atoms with Crippen LogP contribution >= 0.6 is 22.9 Å². The number of hydrogen-bond acceptors (Lipinski definition) is 6. The Balaban J connectivity index is 2.20. The van der Waals surface area contributed by atoms with Gasteiger partial charge in [0, 0.05) is 11.1 Å². The minimum atomic E-state index is -3.78. The number of nitrogens with zero attached hydrogens (tertiary/aromatic N) is 1. The molecular weight excluding hydrogens is 324 g/mol. The summed E-state index contributed by atoms with van der Waals surface area (Å²) in [4.78, 5) is 14.9. The van der Waals surface area contributed by atoms with Gasteiger partial charge in [-0.05, 0) is 24.3 Å². The van der Waals surface area contributed by atoms with Crippen LogP contribution in [0.2, 0.25) is 4.47 Å². The predicted molar refractivity (Wildman–Crippen MR) is 75.7 cm³/mol. The molecule has 2 aromatic rings. The van der Waals surface area contributed by atoms with Crippen molar-refractivity contribution in [3.63, 3.8) is 0 Å². The van der Waals surface area contributed by atoms with E-state index in [1.807, 2.05) is 0 Å². The van der Waals surface area contributed by atoms with Crippen LogP contribution in [0, 0.1) is 0 Å².